The van der Waals surface area contributed by atoms with Crippen LogP contribution in [0.25, 0.3) is 0 Å². The Morgan fingerprint density at radius 1 is 1.02 bits per heavy atom. The van der Waals surface area contributed by atoms with E-state index in [4.69, 9.17) is 14.2 Å². The number of halogens is 1. The van der Waals surface area contributed by atoms with Crippen LogP contribution in [0.2, 0.25) is 0 Å². The fourth-order valence-electron chi connectivity index (χ4n) is 9.51. The number of urea groups is 1. The molecule has 2 fully saturated rings. The van der Waals surface area contributed by atoms with E-state index in [9.17, 15) is 19.7 Å². The molecule has 3 amide bonds. The zero-order valence-electron chi connectivity index (χ0n) is 38.2. The number of aryl methyl sites for hydroxylation is 3. The van der Waals surface area contributed by atoms with Crippen LogP contribution in [0.5, 0.6) is 5.75 Å². The number of amides is 3. The molecule has 15 nitrogen and oxygen atoms in total. The molecule has 3 heterocycles. The largest absolute Gasteiger partial charge is 0.489 e. The van der Waals surface area contributed by atoms with Crippen molar-refractivity contribution in [3.05, 3.63) is 110 Å². The summed E-state index contributed by atoms with van der Waals surface area (Å²) in [6.45, 7) is 15.9. The standard InChI is InChI=1S/C49H63BrN8O7/c1-32-12-14-35(15-13-32)47(59)57(31-49(4,5)46-39-11-9-10-38(39)40-25-36(58(61)62)16-17-42(40)53-46)20-22-63-21-8-6-7-18-56-19-23-64-37(29-56)30-65-44-24-33(2)41(50)26-43(44)54-48(60)55-45-28-51-34(3)27-52-45/h12-17,24-28,37-39,46,53H,6-11,18-23,29-31H2,1-5H3,(H2,52,54,55,60)/t37-,38?,39?,46?/m0/s1. The van der Waals surface area contributed by atoms with Crippen LogP contribution < -0.4 is 20.7 Å². The van der Waals surface area contributed by atoms with Crippen LogP contribution in [0.1, 0.15) is 91.0 Å². The molecule has 4 aromatic rings. The summed E-state index contributed by atoms with van der Waals surface area (Å²) in [5, 5.41) is 21.0. The number of anilines is 3. The first kappa shape index (κ1) is 47.8. The Balaban J connectivity index is 0.860. The number of carbonyl (C=O) groups excluding carboxylic acids is 2. The maximum Gasteiger partial charge on any atom is 0.325 e. The van der Waals surface area contributed by atoms with Crippen molar-refractivity contribution in [1.29, 1.82) is 0 Å². The number of unbranched alkanes of at least 4 members (excludes halogenated alkanes) is 2. The van der Waals surface area contributed by atoms with Gasteiger partial charge in [-0.15, -0.1) is 0 Å². The van der Waals surface area contributed by atoms with Gasteiger partial charge in [-0.2, -0.15) is 0 Å². The monoisotopic (exact) mass is 954 g/mol. The first-order valence-electron chi connectivity index (χ1n) is 22.9. The molecule has 3 aromatic carbocycles. The maximum absolute atomic E-state index is 14.1. The first-order chi connectivity index (χ1) is 31.2. The number of nitro benzene ring substituents is 1. The van der Waals surface area contributed by atoms with Crippen molar-refractivity contribution in [3.8, 4) is 5.75 Å². The number of nitrogens with zero attached hydrogens (tertiary/aromatic N) is 5. The van der Waals surface area contributed by atoms with Gasteiger partial charge in [0.2, 0.25) is 0 Å². The number of hydrogen-bond acceptors (Lipinski definition) is 11. The maximum atomic E-state index is 14.1. The molecule has 0 spiro atoms. The third kappa shape index (κ3) is 12.6. The Kier molecular flexibility index (Phi) is 16.1. The van der Waals surface area contributed by atoms with Gasteiger partial charge in [-0.3, -0.25) is 30.1 Å². The van der Waals surface area contributed by atoms with E-state index in [1.165, 1.54) is 6.20 Å². The molecule has 3 aliphatic rings. The molecule has 0 bridgehead atoms. The summed E-state index contributed by atoms with van der Waals surface area (Å²) in [5.74, 6) is 1.47. The van der Waals surface area contributed by atoms with Crippen LogP contribution in [0, 0.1) is 42.2 Å². The first-order valence-corrected chi connectivity index (χ1v) is 23.7. The number of non-ortho nitro benzene ring substituents is 1. The topological polar surface area (TPSA) is 173 Å². The minimum atomic E-state index is -0.454. The number of nitro groups is 1. The van der Waals surface area contributed by atoms with Crippen molar-refractivity contribution in [2.75, 3.05) is 75.1 Å². The average molecular weight is 956 g/mol. The second-order valence-electron chi connectivity index (χ2n) is 18.4. The highest BCUT2D eigenvalue weighted by molar-refractivity contribution is 9.10. The molecular formula is C49H63BrN8O7. The van der Waals surface area contributed by atoms with Crippen LogP contribution in [0.4, 0.5) is 27.7 Å². The average Bonchev–Trinajstić information content (AvgIpc) is 3.78. The van der Waals surface area contributed by atoms with Crippen LogP contribution in [-0.2, 0) is 9.47 Å². The van der Waals surface area contributed by atoms with E-state index in [0.717, 1.165) is 90.7 Å². The molecule has 7 rings (SSSR count). The number of carbonyl (C=O) groups is 2. The lowest BCUT2D eigenvalue weighted by molar-refractivity contribution is -0.384. The predicted molar refractivity (Wildman–Crippen MR) is 256 cm³/mol. The van der Waals surface area contributed by atoms with Gasteiger partial charge in [0.15, 0.2) is 5.82 Å². The van der Waals surface area contributed by atoms with Gasteiger partial charge < -0.3 is 29.7 Å². The van der Waals surface area contributed by atoms with E-state index in [1.54, 1.807) is 18.3 Å². The summed E-state index contributed by atoms with van der Waals surface area (Å²) in [6, 6.07) is 16.3. The third-order valence-electron chi connectivity index (χ3n) is 12.9. The van der Waals surface area contributed by atoms with Crippen LogP contribution in [-0.4, -0.2) is 108 Å². The van der Waals surface area contributed by atoms with Gasteiger partial charge >= 0.3 is 6.03 Å². The molecule has 3 N–H and O–H groups in total. The van der Waals surface area contributed by atoms with Gasteiger partial charge in [0.1, 0.15) is 18.5 Å². The smallest absolute Gasteiger partial charge is 0.325 e. The molecule has 1 saturated heterocycles. The molecule has 16 heteroatoms. The van der Waals surface area contributed by atoms with Crippen molar-refractivity contribution >= 4 is 50.7 Å². The van der Waals surface area contributed by atoms with Crippen molar-refractivity contribution in [2.24, 2.45) is 11.3 Å². The zero-order chi connectivity index (χ0) is 46.1. The van der Waals surface area contributed by atoms with Gasteiger partial charge in [-0.25, -0.2) is 9.78 Å². The molecule has 4 atom stereocenters. The van der Waals surface area contributed by atoms with Gasteiger partial charge in [0.25, 0.3) is 11.6 Å². The molecule has 1 aliphatic carbocycles. The quantitative estimate of drug-likeness (QED) is 0.0464. The lowest BCUT2D eigenvalue weighted by Crippen LogP contribution is -2.52. The molecule has 3 unspecified atom stereocenters. The van der Waals surface area contributed by atoms with E-state index in [1.807, 2.05) is 68.1 Å². The Hall–Kier alpha value is -5.16. The zero-order valence-corrected chi connectivity index (χ0v) is 39.8. The van der Waals surface area contributed by atoms with E-state index in [2.05, 4.69) is 60.6 Å². The number of morpholine rings is 1. The summed E-state index contributed by atoms with van der Waals surface area (Å²) in [6.07, 6.45) is 9.07. The number of benzene rings is 3. The van der Waals surface area contributed by atoms with Crippen molar-refractivity contribution < 1.29 is 28.7 Å². The lowest BCUT2D eigenvalue weighted by atomic mass is 9.69. The highest BCUT2D eigenvalue weighted by Crippen LogP contribution is 2.52. The molecule has 348 valence electrons. The van der Waals surface area contributed by atoms with E-state index < -0.39 is 6.03 Å². The molecule has 1 saturated carbocycles. The van der Waals surface area contributed by atoms with Crippen molar-refractivity contribution in [3.63, 3.8) is 0 Å². The number of hydrogen-bond donors (Lipinski definition) is 3. The number of ether oxygens (including phenoxy) is 3. The molecule has 65 heavy (non-hydrogen) atoms. The number of rotatable bonds is 19. The minimum Gasteiger partial charge on any atom is -0.489 e. The Morgan fingerprint density at radius 2 is 1.83 bits per heavy atom. The molecular weight excluding hydrogens is 892 g/mol. The van der Waals surface area contributed by atoms with E-state index in [-0.39, 0.29) is 40.0 Å². The lowest BCUT2D eigenvalue weighted by Gasteiger charge is -2.47. The normalized spacial score (nSPS) is 19.4. The molecule has 0 radical (unpaired) electrons. The van der Waals surface area contributed by atoms with Crippen molar-refractivity contribution in [1.82, 2.24) is 19.8 Å². The van der Waals surface area contributed by atoms with E-state index >= 15 is 0 Å². The van der Waals surface area contributed by atoms with Gasteiger partial charge in [0, 0.05) is 72.1 Å². The second-order valence-corrected chi connectivity index (χ2v) is 19.3. The summed E-state index contributed by atoms with van der Waals surface area (Å²) in [7, 11) is 0. The predicted octanol–water partition coefficient (Wildman–Crippen LogP) is 9.53. The summed E-state index contributed by atoms with van der Waals surface area (Å²) in [4.78, 5) is 51.0. The third-order valence-corrected chi connectivity index (χ3v) is 13.8. The summed E-state index contributed by atoms with van der Waals surface area (Å²) in [5.41, 5.74) is 5.86. The summed E-state index contributed by atoms with van der Waals surface area (Å²) >= 11 is 3.57. The van der Waals surface area contributed by atoms with Gasteiger partial charge in [0.05, 0.1) is 41.9 Å². The number of nitrogens with one attached hydrogen (secondary N) is 3. The number of aromatic nitrogens is 2. The SMILES string of the molecule is Cc1ccc(C(=O)N(CCOCCCCCN2CCO[C@H](COc3cc(C)c(Br)cc3NC(=O)Nc3cnc(C)cn3)C2)CC(C)(C)C2Nc3ccc([N+](=O)[O-])cc3C3CCCC32)cc1. The minimum absolute atomic E-state index is 0.00762. The van der Waals surface area contributed by atoms with Gasteiger partial charge in [-0.1, -0.05) is 53.9 Å². The van der Waals surface area contributed by atoms with Crippen LogP contribution in [0.3, 0.4) is 0 Å². The highest BCUT2D eigenvalue weighted by atomic mass is 79.9. The van der Waals surface area contributed by atoms with Gasteiger partial charge in [-0.05, 0) is 113 Å². The molecule has 1 aromatic heterocycles. The summed E-state index contributed by atoms with van der Waals surface area (Å²) < 4.78 is 19.4. The number of fused-ring (bicyclic) bond motifs is 3. The highest BCUT2D eigenvalue weighted by Gasteiger charge is 2.47. The Bertz CT molecular complexity index is 2280. The van der Waals surface area contributed by atoms with E-state index in [0.29, 0.717) is 68.3 Å². The second kappa shape index (κ2) is 21.9. The fraction of sp³-hybridized carbons (Fsp3) is 0.510. The van der Waals surface area contributed by atoms with Crippen LogP contribution >= 0.6 is 15.9 Å². The van der Waals surface area contributed by atoms with Crippen LogP contribution in [0.15, 0.2) is 71.5 Å². The fourth-order valence-corrected chi connectivity index (χ4v) is 9.85. The Morgan fingerprint density at radius 3 is 2.60 bits per heavy atom. The van der Waals surface area contributed by atoms with Crippen molar-refractivity contribution in [2.45, 2.75) is 91.2 Å². The Labute approximate surface area is 390 Å². The molecule has 2 aliphatic heterocycles.